The van der Waals surface area contributed by atoms with Gasteiger partial charge in [-0.2, -0.15) is 5.10 Å². The maximum atomic E-state index is 11.0. The van der Waals surface area contributed by atoms with Gasteiger partial charge in [-0.3, -0.25) is 0 Å². The Bertz CT molecular complexity index is 1040. The molecule has 2 aromatic carbocycles. The summed E-state index contributed by atoms with van der Waals surface area (Å²) in [6, 6.07) is 15.5. The molecule has 0 atom stereocenters. The lowest BCUT2D eigenvalue weighted by atomic mass is 9.63. The lowest BCUT2D eigenvalue weighted by Gasteiger charge is -2.42. The van der Waals surface area contributed by atoms with Crippen LogP contribution >= 0.6 is 0 Å². The molecule has 1 N–H and O–H groups in total. The molecular formula is C24H26N2O2. The van der Waals surface area contributed by atoms with Crippen molar-refractivity contribution in [1.82, 2.24) is 9.78 Å². The van der Waals surface area contributed by atoms with Crippen molar-refractivity contribution in [3.05, 3.63) is 71.4 Å². The zero-order valence-corrected chi connectivity index (χ0v) is 16.9. The van der Waals surface area contributed by atoms with E-state index in [2.05, 4.69) is 45.9 Å². The third-order valence-corrected chi connectivity index (χ3v) is 6.12. The molecule has 144 valence electrons. The van der Waals surface area contributed by atoms with E-state index in [9.17, 15) is 4.79 Å². The number of nitrogens with zero attached hydrogens (tertiary/aromatic N) is 2. The molecule has 1 aliphatic carbocycles. The van der Waals surface area contributed by atoms with Crippen molar-refractivity contribution in [3.63, 3.8) is 0 Å². The van der Waals surface area contributed by atoms with Gasteiger partial charge in [-0.1, -0.05) is 45.9 Å². The van der Waals surface area contributed by atoms with E-state index in [4.69, 9.17) is 10.2 Å². The lowest BCUT2D eigenvalue weighted by Crippen LogP contribution is -2.33. The second-order valence-corrected chi connectivity index (χ2v) is 9.03. The van der Waals surface area contributed by atoms with Gasteiger partial charge in [-0.15, -0.1) is 0 Å². The van der Waals surface area contributed by atoms with E-state index in [0.29, 0.717) is 0 Å². The molecule has 28 heavy (non-hydrogen) atoms. The Kier molecular flexibility index (Phi) is 4.18. The first-order valence-corrected chi connectivity index (χ1v) is 9.72. The molecule has 0 aliphatic heterocycles. The van der Waals surface area contributed by atoms with Crippen LogP contribution in [0.2, 0.25) is 0 Å². The molecule has 0 unspecified atom stereocenters. The van der Waals surface area contributed by atoms with Gasteiger partial charge >= 0.3 is 5.97 Å². The number of benzene rings is 2. The molecule has 0 radical (unpaired) electrons. The van der Waals surface area contributed by atoms with E-state index < -0.39 is 5.97 Å². The van der Waals surface area contributed by atoms with Crippen molar-refractivity contribution in [3.8, 4) is 16.9 Å². The average molecular weight is 374 g/mol. The first kappa shape index (κ1) is 18.5. The highest BCUT2D eigenvalue weighted by molar-refractivity contribution is 5.88. The van der Waals surface area contributed by atoms with Crippen LogP contribution in [0.1, 0.15) is 62.0 Å². The average Bonchev–Trinajstić information content (AvgIpc) is 3.15. The molecule has 1 aliphatic rings. The van der Waals surface area contributed by atoms with Gasteiger partial charge in [0.05, 0.1) is 16.9 Å². The fraction of sp³-hybridized carbons (Fsp3) is 0.333. The Balaban J connectivity index is 1.71. The van der Waals surface area contributed by atoms with Crippen LogP contribution in [0.5, 0.6) is 0 Å². The number of carboxylic acid groups (broad SMARTS) is 1. The van der Waals surface area contributed by atoms with Crippen molar-refractivity contribution in [2.75, 3.05) is 0 Å². The van der Waals surface area contributed by atoms with Gasteiger partial charge in [0.15, 0.2) is 0 Å². The van der Waals surface area contributed by atoms with E-state index >= 15 is 0 Å². The standard InChI is InChI=1S/C24H26N2O2/c1-23(2)12-13-24(3,4)20-15-18(9-10-19(20)23)26-14-11-21(25-26)16-5-7-17(8-6-16)22(27)28/h5-11,14-15H,12-13H2,1-4H3,(H,27,28). The third-order valence-electron chi connectivity index (χ3n) is 6.12. The summed E-state index contributed by atoms with van der Waals surface area (Å²) in [6.45, 7) is 9.30. The van der Waals surface area contributed by atoms with Crippen molar-refractivity contribution in [2.24, 2.45) is 0 Å². The molecule has 4 nitrogen and oxygen atoms in total. The number of aromatic carboxylic acids is 1. The van der Waals surface area contributed by atoms with Crippen molar-refractivity contribution < 1.29 is 9.90 Å². The van der Waals surface area contributed by atoms with Gasteiger partial charge in [0.25, 0.3) is 0 Å². The predicted octanol–water partition coefficient (Wildman–Crippen LogP) is 5.59. The van der Waals surface area contributed by atoms with Gasteiger partial charge in [-0.25, -0.2) is 9.48 Å². The minimum Gasteiger partial charge on any atom is -0.478 e. The predicted molar refractivity (Wildman–Crippen MR) is 111 cm³/mol. The molecule has 0 saturated heterocycles. The van der Waals surface area contributed by atoms with Gasteiger partial charge in [0.1, 0.15) is 0 Å². The summed E-state index contributed by atoms with van der Waals surface area (Å²) >= 11 is 0. The van der Waals surface area contributed by atoms with Crippen molar-refractivity contribution in [1.29, 1.82) is 0 Å². The fourth-order valence-electron chi connectivity index (χ4n) is 4.12. The number of aromatic nitrogens is 2. The van der Waals surface area contributed by atoms with E-state index in [0.717, 1.165) is 16.9 Å². The topological polar surface area (TPSA) is 55.1 Å². The molecule has 0 bridgehead atoms. The van der Waals surface area contributed by atoms with E-state index in [1.165, 1.54) is 24.0 Å². The van der Waals surface area contributed by atoms with Crippen LogP contribution in [0.15, 0.2) is 54.7 Å². The quantitative estimate of drug-likeness (QED) is 0.650. The number of hydrogen-bond acceptors (Lipinski definition) is 2. The summed E-state index contributed by atoms with van der Waals surface area (Å²) in [5, 5.41) is 13.8. The molecular weight excluding hydrogens is 348 g/mol. The Morgan fingerprint density at radius 3 is 2.21 bits per heavy atom. The Hall–Kier alpha value is -2.88. The number of carboxylic acids is 1. The molecule has 1 heterocycles. The highest BCUT2D eigenvalue weighted by atomic mass is 16.4. The lowest BCUT2D eigenvalue weighted by molar-refractivity contribution is 0.0697. The summed E-state index contributed by atoms with van der Waals surface area (Å²) in [6.07, 6.45) is 4.34. The van der Waals surface area contributed by atoms with E-state index in [-0.39, 0.29) is 16.4 Å². The molecule has 4 heteroatoms. The normalized spacial score (nSPS) is 17.1. The molecule has 4 rings (SSSR count). The Morgan fingerprint density at radius 2 is 1.57 bits per heavy atom. The van der Waals surface area contributed by atoms with Crippen LogP contribution in [0.4, 0.5) is 0 Å². The van der Waals surface area contributed by atoms with Crippen LogP contribution in [0, 0.1) is 0 Å². The van der Waals surface area contributed by atoms with Gasteiger partial charge in [0, 0.05) is 11.8 Å². The zero-order valence-electron chi connectivity index (χ0n) is 16.9. The monoisotopic (exact) mass is 374 g/mol. The van der Waals surface area contributed by atoms with Crippen molar-refractivity contribution in [2.45, 2.75) is 51.4 Å². The van der Waals surface area contributed by atoms with Crippen LogP contribution in [0.25, 0.3) is 16.9 Å². The second kappa shape index (κ2) is 6.33. The van der Waals surface area contributed by atoms with Crippen LogP contribution in [0.3, 0.4) is 0 Å². The van der Waals surface area contributed by atoms with Crippen LogP contribution in [-0.2, 0) is 10.8 Å². The number of rotatable bonds is 3. The molecule has 0 saturated carbocycles. The number of hydrogen-bond donors (Lipinski definition) is 1. The van der Waals surface area contributed by atoms with E-state index in [1.54, 1.807) is 24.3 Å². The summed E-state index contributed by atoms with van der Waals surface area (Å²) in [7, 11) is 0. The number of carbonyl (C=O) groups is 1. The van der Waals surface area contributed by atoms with Gasteiger partial charge < -0.3 is 5.11 Å². The second-order valence-electron chi connectivity index (χ2n) is 9.03. The van der Waals surface area contributed by atoms with Crippen molar-refractivity contribution >= 4 is 5.97 Å². The zero-order chi connectivity index (χ0) is 20.1. The Labute approximate surface area is 165 Å². The SMILES string of the molecule is CC1(C)CCC(C)(C)c2cc(-n3ccc(-c4ccc(C(=O)O)cc4)n3)ccc21. The molecule has 3 aromatic rings. The maximum Gasteiger partial charge on any atom is 0.335 e. The number of fused-ring (bicyclic) bond motifs is 1. The Morgan fingerprint density at radius 1 is 0.929 bits per heavy atom. The fourth-order valence-corrected chi connectivity index (χ4v) is 4.12. The minimum atomic E-state index is -0.920. The molecule has 1 aromatic heterocycles. The molecule has 0 fully saturated rings. The minimum absolute atomic E-state index is 0.156. The summed E-state index contributed by atoms with van der Waals surface area (Å²) in [5.41, 5.74) is 6.26. The van der Waals surface area contributed by atoms with Crippen LogP contribution in [-0.4, -0.2) is 20.9 Å². The van der Waals surface area contributed by atoms with Gasteiger partial charge in [0.2, 0.25) is 0 Å². The summed E-state index contributed by atoms with van der Waals surface area (Å²) in [4.78, 5) is 11.0. The molecule has 0 spiro atoms. The third kappa shape index (κ3) is 3.13. The summed E-state index contributed by atoms with van der Waals surface area (Å²) in [5.74, 6) is -0.920. The highest BCUT2D eigenvalue weighted by Gasteiger charge is 2.37. The van der Waals surface area contributed by atoms with E-state index in [1.807, 2.05) is 16.9 Å². The van der Waals surface area contributed by atoms with Gasteiger partial charge in [-0.05, 0) is 65.1 Å². The highest BCUT2D eigenvalue weighted by Crippen LogP contribution is 2.46. The first-order chi connectivity index (χ1) is 13.2. The molecule has 0 amide bonds. The van der Waals surface area contributed by atoms with Crippen LogP contribution < -0.4 is 0 Å². The largest absolute Gasteiger partial charge is 0.478 e. The smallest absolute Gasteiger partial charge is 0.335 e. The maximum absolute atomic E-state index is 11.0. The first-order valence-electron chi connectivity index (χ1n) is 9.72. The summed E-state index contributed by atoms with van der Waals surface area (Å²) < 4.78 is 1.90.